The summed E-state index contributed by atoms with van der Waals surface area (Å²) in [6.07, 6.45) is 4.91. The van der Waals surface area contributed by atoms with Crippen LogP contribution >= 0.6 is 11.8 Å². The molecule has 0 radical (unpaired) electrons. The fourth-order valence-electron chi connectivity index (χ4n) is 2.75. The van der Waals surface area contributed by atoms with Crippen LogP contribution in [0.15, 0.2) is 33.3 Å². The third kappa shape index (κ3) is 3.95. The van der Waals surface area contributed by atoms with Crippen LogP contribution in [-0.4, -0.2) is 29.4 Å². The molecule has 0 N–H and O–H groups in total. The molecule has 0 saturated heterocycles. The number of ketones is 2. The number of fused-ring (bicyclic) bond motifs is 1. The van der Waals surface area contributed by atoms with Gasteiger partial charge in [-0.1, -0.05) is 20.8 Å². The second-order valence-corrected chi connectivity index (χ2v) is 8.56. The molecule has 1 aromatic carbocycles. The Kier molecular flexibility index (Phi) is 5.47. The highest BCUT2D eigenvalue weighted by Gasteiger charge is 2.36. The molecule has 1 aliphatic carbocycles. The molecular weight excluding hydrogens is 362 g/mol. The summed E-state index contributed by atoms with van der Waals surface area (Å²) in [6.45, 7) is 8.24. The molecule has 0 unspecified atom stereocenters. The summed E-state index contributed by atoms with van der Waals surface area (Å²) in [4.78, 5) is 31.4. The molecule has 5 nitrogen and oxygen atoms in total. The van der Waals surface area contributed by atoms with Crippen molar-refractivity contribution in [3.05, 3.63) is 35.4 Å². The third-order valence-corrected chi connectivity index (χ3v) is 5.21. The van der Waals surface area contributed by atoms with Crippen molar-refractivity contribution in [1.82, 2.24) is 4.98 Å². The first-order valence-corrected chi connectivity index (χ1v) is 10.4. The van der Waals surface area contributed by atoms with Crippen LogP contribution in [0, 0.1) is 5.92 Å². The fourth-order valence-corrected chi connectivity index (χ4v) is 3.28. The van der Waals surface area contributed by atoms with Gasteiger partial charge in [-0.15, -0.1) is 11.8 Å². The van der Waals surface area contributed by atoms with Gasteiger partial charge in [0.05, 0.1) is 18.4 Å². The monoisotopic (exact) mass is 387 g/mol. The van der Waals surface area contributed by atoms with E-state index in [-0.39, 0.29) is 28.5 Å². The van der Waals surface area contributed by atoms with Crippen LogP contribution in [0.1, 0.15) is 56.8 Å². The largest absolute Gasteiger partial charge is 0.501 e. The zero-order chi connectivity index (χ0) is 19.8. The van der Waals surface area contributed by atoms with Crippen molar-refractivity contribution >= 4 is 34.4 Å². The molecule has 1 heterocycles. The SMILES string of the molecule is CCO/C=C(\C(=O)c1ccc(SC)c2nc(C(C)(C)C)oc12)C(=O)C1CC1. The summed E-state index contributed by atoms with van der Waals surface area (Å²) in [6, 6.07) is 3.57. The van der Waals surface area contributed by atoms with Crippen molar-refractivity contribution in [2.75, 3.05) is 12.9 Å². The Morgan fingerprint density at radius 3 is 2.59 bits per heavy atom. The van der Waals surface area contributed by atoms with Crippen LogP contribution in [-0.2, 0) is 14.9 Å². The van der Waals surface area contributed by atoms with E-state index >= 15 is 0 Å². The molecule has 0 bridgehead atoms. The van der Waals surface area contributed by atoms with Crippen molar-refractivity contribution in [2.24, 2.45) is 5.92 Å². The van der Waals surface area contributed by atoms with Crippen LogP contribution in [0.2, 0.25) is 0 Å². The smallest absolute Gasteiger partial charge is 0.203 e. The number of benzene rings is 1. The third-order valence-electron chi connectivity index (χ3n) is 4.44. The maximum atomic E-state index is 13.2. The fraction of sp³-hybridized carbons (Fsp3) is 0.476. The summed E-state index contributed by atoms with van der Waals surface area (Å²) in [5, 5.41) is 0. The molecule has 1 aliphatic rings. The Labute approximate surface area is 163 Å². The predicted octanol–water partition coefficient (Wildman–Crippen LogP) is 4.93. The Balaban J connectivity index is 2.12. The standard InChI is InChI=1S/C21H25NO4S/c1-6-25-11-14(17(23)12-7-8-12)18(24)13-9-10-15(27-5)16-19(13)26-20(22-16)21(2,3)4/h9-12H,6-8H2,1-5H3/b14-11-. The van der Waals surface area contributed by atoms with Gasteiger partial charge in [0.2, 0.25) is 11.7 Å². The summed E-state index contributed by atoms with van der Waals surface area (Å²) in [5.74, 6) is -0.0147. The van der Waals surface area contributed by atoms with E-state index in [2.05, 4.69) is 4.98 Å². The topological polar surface area (TPSA) is 69.4 Å². The molecule has 27 heavy (non-hydrogen) atoms. The van der Waals surface area contributed by atoms with E-state index in [4.69, 9.17) is 9.15 Å². The lowest BCUT2D eigenvalue weighted by atomic mass is 9.97. The Bertz CT molecular complexity index is 916. The Morgan fingerprint density at radius 1 is 1.33 bits per heavy atom. The molecule has 0 atom stereocenters. The lowest BCUT2D eigenvalue weighted by Crippen LogP contribution is -2.16. The lowest BCUT2D eigenvalue weighted by molar-refractivity contribution is -0.116. The van der Waals surface area contributed by atoms with Crippen LogP contribution in [0.5, 0.6) is 0 Å². The zero-order valence-corrected chi connectivity index (χ0v) is 17.2. The average molecular weight is 388 g/mol. The molecule has 2 aromatic rings. The van der Waals surface area contributed by atoms with Gasteiger partial charge in [-0.2, -0.15) is 0 Å². The molecule has 0 aliphatic heterocycles. The van der Waals surface area contributed by atoms with E-state index < -0.39 is 0 Å². The number of carbonyl (C=O) groups is 2. The maximum absolute atomic E-state index is 13.2. The van der Waals surface area contributed by atoms with E-state index in [9.17, 15) is 9.59 Å². The number of rotatable bonds is 7. The van der Waals surface area contributed by atoms with Crippen LogP contribution in [0.4, 0.5) is 0 Å². The maximum Gasteiger partial charge on any atom is 0.203 e. The number of aromatic nitrogens is 1. The van der Waals surface area contributed by atoms with Gasteiger partial charge in [0.25, 0.3) is 0 Å². The van der Waals surface area contributed by atoms with Gasteiger partial charge in [-0.3, -0.25) is 9.59 Å². The Morgan fingerprint density at radius 2 is 2.04 bits per heavy atom. The van der Waals surface area contributed by atoms with Crippen molar-refractivity contribution in [2.45, 2.75) is 50.8 Å². The van der Waals surface area contributed by atoms with Gasteiger partial charge in [-0.25, -0.2) is 4.98 Å². The number of oxazole rings is 1. The van der Waals surface area contributed by atoms with Crippen LogP contribution < -0.4 is 0 Å². The van der Waals surface area contributed by atoms with Crippen molar-refractivity contribution in [3.63, 3.8) is 0 Å². The number of thioether (sulfide) groups is 1. The van der Waals surface area contributed by atoms with Gasteiger partial charge < -0.3 is 9.15 Å². The normalized spacial score (nSPS) is 15.2. The van der Waals surface area contributed by atoms with Crippen molar-refractivity contribution in [3.8, 4) is 0 Å². The lowest BCUT2D eigenvalue weighted by Gasteiger charge is -2.11. The van der Waals surface area contributed by atoms with E-state index in [0.29, 0.717) is 29.2 Å². The minimum absolute atomic E-state index is 0.0681. The predicted molar refractivity (Wildman–Crippen MR) is 106 cm³/mol. The molecular formula is C21H25NO4S. The summed E-state index contributed by atoms with van der Waals surface area (Å²) >= 11 is 1.55. The summed E-state index contributed by atoms with van der Waals surface area (Å²) < 4.78 is 11.3. The number of carbonyl (C=O) groups excluding carboxylic acids is 2. The van der Waals surface area contributed by atoms with E-state index in [1.165, 1.54) is 6.26 Å². The molecule has 1 aromatic heterocycles. The number of ether oxygens (including phenoxy) is 1. The van der Waals surface area contributed by atoms with Gasteiger partial charge in [0, 0.05) is 16.2 Å². The van der Waals surface area contributed by atoms with Gasteiger partial charge in [0.1, 0.15) is 11.1 Å². The van der Waals surface area contributed by atoms with Gasteiger partial charge in [-0.05, 0) is 38.2 Å². The summed E-state index contributed by atoms with van der Waals surface area (Å²) in [5.41, 5.74) is 1.25. The number of allylic oxidation sites excluding steroid dienone is 1. The van der Waals surface area contributed by atoms with Crippen LogP contribution in [0.25, 0.3) is 11.1 Å². The van der Waals surface area contributed by atoms with E-state index in [0.717, 1.165) is 17.7 Å². The first-order chi connectivity index (χ1) is 12.8. The van der Waals surface area contributed by atoms with Crippen LogP contribution in [0.3, 0.4) is 0 Å². The minimum Gasteiger partial charge on any atom is -0.501 e. The molecule has 3 rings (SSSR count). The van der Waals surface area contributed by atoms with Crippen molar-refractivity contribution in [1.29, 1.82) is 0 Å². The Hall–Kier alpha value is -2.08. The minimum atomic E-state index is -0.366. The number of Topliss-reactive ketones (excluding diaryl/α,β-unsaturated/α-hetero) is 2. The molecule has 0 amide bonds. The zero-order valence-electron chi connectivity index (χ0n) is 16.4. The average Bonchev–Trinajstić information content (AvgIpc) is 3.37. The van der Waals surface area contributed by atoms with E-state index in [1.807, 2.05) is 40.0 Å². The number of nitrogens with zero attached hydrogens (tertiary/aromatic N) is 1. The second-order valence-electron chi connectivity index (χ2n) is 7.72. The van der Waals surface area contributed by atoms with Gasteiger partial charge in [0.15, 0.2) is 11.4 Å². The molecule has 1 fully saturated rings. The van der Waals surface area contributed by atoms with Crippen molar-refractivity contribution < 1.29 is 18.7 Å². The van der Waals surface area contributed by atoms with Gasteiger partial charge >= 0.3 is 0 Å². The van der Waals surface area contributed by atoms with E-state index in [1.54, 1.807) is 17.8 Å². The second kappa shape index (κ2) is 7.50. The number of hydrogen-bond donors (Lipinski definition) is 0. The number of hydrogen-bond acceptors (Lipinski definition) is 6. The summed E-state index contributed by atoms with van der Waals surface area (Å²) in [7, 11) is 0. The first-order valence-electron chi connectivity index (χ1n) is 9.16. The molecule has 0 spiro atoms. The quantitative estimate of drug-likeness (QED) is 0.168. The molecule has 6 heteroatoms. The molecule has 1 saturated carbocycles. The molecule has 144 valence electrons. The highest BCUT2D eigenvalue weighted by molar-refractivity contribution is 7.98. The first kappa shape index (κ1) is 19.7. The highest BCUT2D eigenvalue weighted by Crippen LogP contribution is 2.36. The highest BCUT2D eigenvalue weighted by atomic mass is 32.2.